The number of hydrogen-bond acceptors (Lipinski definition) is 4. The second kappa shape index (κ2) is 12.0. The van der Waals surface area contributed by atoms with Crippen LogP contribution in [-0.2, 0) is 24.8 Å². The fraction of sp³-hybridized carbons (Fsp3) is 0.364. The fourth-order valence-corrected chi connectivity index (χ4v) is 5.77. The van der Waals surface area contributed by atoms with Gasteiger partial charge in [-0.3, -0.25) is 9.59 Å². The molecule has 7 nitrogen and oxygen atoms in total. The Morgan fingerprint density at radius 1 is 1.07 bits per heavy atom. The molecule has 11 heteroatoms. The van der Waals surface area contributed by atoms with Crippen LogP contribution in [0.15, 0.2) is 48.5 Å². The number of aromatic nitrogens is 2. The number of anilines is 2. The summed E-state index contributed by atoms with van der Waals surface area (Å²) in [7, 11) is 1.83. The highest BCUT2D eigenvalue weighted by Gasteiger charge is 2.39. The maximum Gasteiger partial charge on any atom is 0.266 e. The topological polar surface area (TPSA) is 79.3 Å². The lowest BCUT2D eigenvalue weighted by molar-refractivity contribution is -0.128. The van der Waals surface area contributed by atoms with E-state index in [1.54, 1.807) is 41.3 Å². The number of hydrogen-bond donors (Lipinski definition) is 2. The molecular formula is C33H35Cl2F2N5O2. The molecule has 2 amide bonds. The molecule has 0 unspecified atom stereocenters. The molecule has 1 aliphatic heterocycles. The minimum atomic E-state index is -2.85. The average Bonchev–Trinajstić information content (AvgIpc) is 3.47. The van der Waals surface area contributed by atoms with Crippen LogP contribution >= 0.6 is 23.2 Å². The van der Waals surface area contributed by atoms with E-state index >= 15 is 0 Å². The van der Waals surface area contributed by atoms with Crippen LogP contribution in [0.25, 0.3) is 11.0 Å². The molecule has 0 bridgehead atoms. The quantitative estimate of drug-likeness (QED) is 0.218. The third kappa shape index (κ3) is 6.69. The number of fused-ring (bicyclic) bond motifs is 1. The molecule has 1 fully saturated rings. The van der Waals surface area contributed by atoms with Gasteiger partial charge in [-0.25, -0.2) is 13.8 Å². The van der Waals surface area contributed by atoms with Gasteiger partial charge in [-0.05, 0) is 48.4 Å². The second-order valence-electron chi connectivity index (χ2n) is 12.4. The van der Waals surface area contributed by atoms with Crippen molar-refractivity contribution < 1.29 is 18.4 Å². The summed E-state index contributed by atoms with van der Waals surface area (Å²) in [5, 5.41) is 6.69. The monoisotopic (exact) mass is 641 g/mol. The van der Waals surface area contributed by atoms with Gasteiger partial charge in [0.05, 0.1) is 33.9 Å². The zero-order valence-corrected chi connectivity index (χ0v) is 26.8. The number of halogens is 4. The lowest BCUT2D eigenvalue weighted by Gasteiger charge is -2.22. The van der Waals surface area contributed by atoms with Gasteiger partial charge in [-0.1, -0.05) is 67.7 Å². The van der Waals surface area contributed by atoms with Gasteiger partial charge in [0.1, 0.15) is 5.82 Å². The molecule has 0 aliphatic carbocycles. The first-order valence-corrected chi connectivity index (χ1v) is 15.1. The Kier molecular flexibility index (Phi) is 8.66. The van der Waals surface area contributed by atoms with Crippen molar-refractivity contribution in [3.05, 3.63) is 86.7 Å². The molecule has 1 aromatic heterocycles. The number of imidazole rings is 1. The Morgan fingerprint density at radius 2 is 1.77 bits per heavy atom. The molecule has 2 N–H and O–H groups in total. The number of carbonyl (C=O) groups is 2. The number of amides is 2. The van der Waals surface area contributed by atoms with Crippen molar-refractivity contribution in [3.63, 3.8) is 0 Å². The molecular weight excluding hydrogens is 607 g/mol. The number of nitrogens with one attached hydrogen (secondary N) is 2. The Hall–Kier alpha value is -3.69. The highest BCUT2D eigenvalue weighted by Crippen LogP contribution is 2.36. The molecule has 0 spiro atoms. The molecule has 0 saturated carbocycles. The zero-order valence-electron chi connectivity index (χ0n) is 25.3. The third-order valence-electron chi connectivity index (χ3n) is 7.88. The summed E-state index contributed by atoms with van der Waals surface area (Å²) in [5.74, 6) is -2.74. The number of aryl methyl sites for hydroxylation is 2. The predicted molar refractivity (Wildman–Crippen MR) is 172 cm³/mol. The van der Waals surface area contributed by atoms with Gasteiger partial charge < -0.3 is 20.1 Å². The van der Waals surface area contributed by atoms with Crippen LogP contribution in [0.1, 0.15) is 60.1 Å². The van der Waals surface area contributed by atoms with Crippen molar-refractivity contribution in [1.29, 1.82) is 0 Å². The van der Waals surface area contributed by atoms with Crippen LogP contribution in [0, 0.1) is 12.3 Å². The lowest BCUT2D eigenvalue weighted by atomic mass is 9.95. The molecule has 4 aromatic rings. The first kappa shape index (κ1) is 31.7. The summed E-state index contributed by atoms with van der Waals surface area (Å²) >= 11 is 13.4. The van der Waals surface area contributed by atoms with Crippen molar-refractivity contribution in [2.24, 2.45) is 12.5 Å². The fourth-order valence-electron chi connectivity index (χ4n) is 5.20. The Bertz CT molecular complexity index is 1750. The number of alkyl halides is 2. The highest BCUT2D eigenvalue weighted by atomic mass is 35.5. The minimum Gasteiger partial charge on any atom is -0.365 e. The number of nitrogens with zero attached hydrogens (tertiary/aromatic N) is 3. The molecule has 0 radical (unpaired) electrons. The standard InChI is InChI=1S/C33H35Cl2F2N5O2/c1-19-6-9-21(10-7-19)39-30(43)23-14-25-27(16-26(23)42-13-12-33(36,37)18-42)41(5)28(40-25)15-22-24(34)11-8-20(29(22)35)17-38-31(44)32(2,3)4/h6-11,14,16H,12-13,15,17-18H2,1-5H3,(H,38,44)(H,39,43). The van der Waals surface area contributed by atoms with Crippen LogP contribution in [0.3, 0.4) is 0 Å². The first-order chi connectivity index (χ1) is 20.6. The summed E-state index contributed by atoms with van der Waals surface area (Å²) in [6.07, 6.45) is -0.0177. The molecule has 3 aromatic carbocycles. The molecule has 5 rings (SSSR count). The van der Waals surface area contributed by atoms with Gasteiger partial charge >= 0.3 is 0 Å². The van der Waals surface area contributed by atoms with Gasteiger partial charge in [0.25, 0.3) is 11.8 Å². The van der Waals surface area contributed by atoms with E-state index in [9.17, 15) is 18.4 Å². The summed E-state index contributed by atoms with van der Waals surface area (Å²) in [4.78, 5) is 32.3. The summed E-state index contributed by atoms with van der Waals surface area (Å²) in [6, 6.07) is 14.3. The molecule has 232 valence electrons. The van der Waals surface area contributed by atoms with Crippen LogP contribution in [0.2, 0.25) is 10.0 Å². The number of carbonyl (C=O) groups excluding carboxylic acids is 2. The van der Waals surface area contributed by atoms with E-state index in [2.05, 4.69) is 10.6 Å². The van der Waals surface area contributed by atoms with E-state index in [4.69, 9.17) is 28.2 Å². The summed E-state index contributed by atoms with van der Waals surface area (Å²) < 4.78 is 30.4. The van der Waals surface area contributed by atoms with Gasteiger partial charge in [0.15, 0.2) is 0 Å². The molecule has 2 heterocycles. The maximum absolute atomic E-state index is 14.3. The second-order valence-corrected chi connectivity index (χ2v) is 13.2. The van der Waals surface area contributed by atoms with Crippen LogP contribution in [-0.4, -0.2) is 40.4 Å². The zero-order chi connectivity index (χ0) is 32.0. The van der Waals surface area contributed by atoms with E-state index < -0.39 is 23.8 Å². The SMILES string of the molecule is Cc1ccc(NC(=O)c2cc3nc(Cc4c(Cl)ccc(CNC(=O)C(C)(C)C)c4Cl)n(C)c3cc2N2CCC(F)(F)C2)cc1. The minimum absolute atomic E-state index is 0.103. The molecule has 44 heavy (non-hydrogen) atoms. The highest BCUT2D eigenvalue weighted by molar-refractivity contribution is 6.36. The van der Waals surface area contributed by atoms with E-state index in [0.29, 0.717) is 43.8 Å². The Labute approximate surface area is 265 Å². The third-order valence-corrected chi connectivity index (χ3v) is 8.70. The lowest BCUT2D eigenvalue weighted by Crippen LogP contribution is -2.34. The number of benzene rings is 3. The van der Waals surface area contributed by atoms with Gasteiger partial charge in [0.2, 0.25) is 5.91 Å². The van der Waals surface area contributed by atoms with Crippen LogP contribution in [0.4, 0.5) is 20.2 Å². The van der Waals surface area contributed by atoms with Crippen molar-refractivity contribution in [2.75, 3.05) is 23.3 Å². The molecule has 0 atom stereocenters. The maximum atomic E-state index is 14.3. The normalized spacial score (nSPS) is 14.7. The van der Waals surface area contributed by atoms with Gasteiger partial charge in [-0.2, -0.15) is 0 Å². The van der Waals surface area contributed by atoms with E-state index in [0.717, 1.165) is 11.1 Å². The van der Waals surface area contributed by atoms with E-state index in [-0.39, 0.29) is 37.4 Å². The largest absolute Gasteiger partial charge is 0.365 e. The summed E-state index contributed by atoms with van der Waals surface area (Å²) in [6.45, 7) is 7.34. The van der Waals surface area contributed by atoms with Crippen molar-refractivity contribution >= 4 is 57.4 Å². The Morgan fingerprint density at radius 3 is 2.41 bits per heavy atom. The van der Waals surface area contributed by atoms with Gasteiger partial charge in [0, 0.05) is 49.1 Å². The number of rotatable bonds is 7. The predicted octanol–water partition coefficient (Wildman–Crippen LogP) is 7.54. The van der Waals surface area contributed by atoms with Crippen LogP contribution in [0.5, 0.6) is 0 Å². The first-order valence-electron chi connectivity index (χ1n) is 14.4. The van der Waals surface area contributed by atoms with E-state index in [1.807, 2.05) is 51.4 Å². The average molecular weight is 643 g/mol. The Balaban J connectivity index is 1.51. The van der Waals surface area contributed by atoms with Crippen molar-refractivity contribution in [3.8, 4) is 0 Å². The van der Waals surface area contributed by atoms with Crippen molar-refractivity contribution in [2.45, 2.75) is 53.0 Å². The molecule has 1 saturated heterocycles. The smallest absolute Gasteiger partial charge is 0.266 e. The molecule has 1 aliphatic rings. The van der Waals surface area contributed by atoms with Gasteiger partial charge in [-0.15, -0.1) is 0 Å². The van der Waals surface area contributed by atoms with Crippen molar-refractivity contribution in [1.82, 2.24) is 14.9 Å². The van der Waals surface area contributed by atoms with Crippen LogP contribution < -0.4 is 15.5 Å². The summed E-state index contributed by atoms with van der Waals surface area (Å²) in [5.41, 5.74) is 4.35. The van der Waals surface area contributed by atoms with E-state index in [1.165, 1.54) is 0 Å².